The molecular formula is C13H19N3O3S. The average molecular weight is 297 g/mol. The van der Waals surface area contributed by atoms with E-state index >= 15 is 0 Å². The van der Waals surface area contributed by atoms with Crippen molar-refractivity contribution in [2.24, 2.45) is 5.73 Å². The maximum atomic E-state index is 12.0. The van der Waals surface area contributed by atoms with Gasteiger partial charge in [0, 0.05) is 25.2 Å². The number of nitrogens with two attached hydrogens (primary N) is 1. The van der Waals surface area contributed by atoms with Crippen LogP contribution in [0, 0.1) is 0 Å². The SMILES string of the molecule is NCCCNS(=O)(=O)c1ccc(N2CCCC2=O)cc1. The van der Waals surface area contributed by atoms with E-state index in [2.05, 4.69) is 4.72 Å². The van der Waals surface area contributed by atoms with E-state index < -0.39 is 10.0 Å². The first-order chi connectivity index (χ1) is 9.54. The fourth-order valence-electron chi connectivity index (χ4n) is 2.12. The van der Waals surface area contributed by atoms with E-state index in [1.54, 1.807) is 17.0 Å². The fraction of sp³-hybridized carbons (Fsp3) is 0.462. The standard InChI is InChI=1S/C13H19N3O3S/c14-8-2-9-15-20(18,19)12-6-4-11(5-7-12)16-10-1-3-13(16)17/h4-7,15H,1-3,8-10,14H2. The maximum Gasteiger partial charge on any atom is 0.240 e. The first-order valence-corrected chi connectivity index (χ1v) is 8.13. The molecule has 0 atom stereocenters. The summed E-state index contributed by atoms with van der Waals surface area (Å²) in [6.07, 6.45) is 2.00. The van der Waals surface area contributed by atoms with E-state index in [0.29, 0.717) is 32.5 Å². The smallest absolute Gasteiger partial charge is 0.240 e. The molecular weight excluding hydrogens is 278 g/mol. The molecule has 7 heteroatoms. The quantitative estimate of drug-likeness (QED) is 0.745. The minimum atomic E-state index is -3.50. The van der Waals surface area contributed by atoms with Crippen LogP contribution in [-0.4, -0.2) is 34.0 Å². The first-order valence-electron chi connectivity index (χ1n) is 6.65. The van der Waals surface area contributed by atoms with Gasteiger partial charge in [-0.2, -0.15) is 0 Å². The lowest BCUT2D eigenvalue weighted by Crippen LogP contribution is -2.26. The van der Waals surface area contributed by atoms with Crippen LogP contribution < -0.4 is 15.4 Å². The lowest BCUT2D eigenvalue weighted by atomic mass is 10.3. The van der Waals surface area contributed by atoms with Crippen molar-refractivity contribution in [2.75, 3.05) is 24.5 Å². The Morgan fingerprint density at radius 3 is 2.50 bits per heavy atom. The molecule has 0 saturated carbocycles. The molecule has 0 aliphatic carbocycles. The Hall–Kier alpha value is -1.44. The molecule has 1 aromatic rings. The van der Waals surface area contributed by atoms with Crippen molar-refractivity contribution in [3.05, 3.63) is 24.3 Å². The fourth-order valence-corrected chi connectivity index (χ4v) is 3.19. The van der Waals surface area contributed by atoms with Gasteiger partial charge in [-0.1, -0.05) is 0 Å². The molecule has 0 bridgehead atoms. The summed E-state index contributed by atoms with van der Waals surface area (Å²) < 4.78 is 26.4. The number of carbonyl (C=O) groups is 1. The lowest BCUT2D eigenvalue weighted by Gasteiger charge is -2.16. The molecule has 1 fully saturated rings. The Morgan fingerprint density at radius 1 is 1.25 bits per heavy atom. The molecule has 1 saturated heterocycles. The average Bonchev–Trinajstić information content (AvgIpc) is 2.85. The minimum Gasteiger partial charge on any atom is -0.330 e. The molecule has 6 nitrogen and oxygen atoms in total. The van der Waals surface area contributed by atoms with Crippen LogP contribution in [0.25, 0.3) is 0 Å². The number of sulfonamides is 1. The van der Waals surface area contributed by atoms with Crippen molar-refractivity contribution in [3.8, 4) is 0 Å². The van der Waals surface area contributed by atoms with Gasteiger partial charge in [0.15, 0.2) is 0 Å². The molecule has 0 spiro atoms. The van der Waals surface area contributed by atoms with Crippen LogP contribution in [0.15, 0.2) is 29.2 Å². The molecule has 110 valence electrons. The summed E-state index contributed by atoms with van der Waals surface area (Å²) in [5.74, 6) is 0.0849. The summed E-state index contributed by atoms with van der Waals surface area (Å²) in [6.45, 7) is 1.46. The van der Waals surface area contributed by atoms with Crippen LogP contribution in [0.3, 0.4) is 0 Å². The third-order valence-electron chi connectivity index (χ3n) is 3.21. The van der Waals surface area contributed by atoms with Crippen molar-refractivity contribution < 1.29 is 13.2 Å². The zero-order valence-electron chi connectivity index (χ0n) is 11.2. The van der Waals surface area contributed by atoms with Crippen LogP contribution in [-0.2, 0) is 14.8 Å². The van der Waals surface area contributed by atoms with E-state index in [1.807, 2.05) is 0 Å². The van der Waals surface area contributed by atoms with E-state index in [4.69, 9.17) is 5.73 Å². The van der Waals surface area contributed by atoms with E-state index in [0.717, 1.165) is 12.1 Å². The number of nitrogens with zero attached hydrogens (tertiary/aromatic N) is 1. The summed E-state index contributed by atoms with van der Waals surface area (Å²) in [5, 5.41) is 0. The van der Waals surface area contributed by atoms with Crippen LogP contribution >= 0.6 is 0 Å². The first kappa shape index (κ1) is 15.0. The Kier molecular flexibility index (Phi) is 4.74. The topological polar surface area (TPSA) is 92.5 Å². The van der Waals surface area contributed by atoms with Crippen LogP contribution in [0.5, 0.6) is 0 Å². The molecule has 3 N–H and O–H groups in total. The van der Waals surface area contributed by atoms with Crippen molar-refractivity contribution in [2.45, 2.75) is 24.2 Å². The van der Waals surface area contributed by atoms with Gasteiger partial charge in [0.25, 0.3) is 0 Å². The van der Waals surface area contributed by atoms with Crippen LogP contribution in [0.4, 0.5) is 5.69 Å². The zero-order valence-corrected chi connectivity index (χ0v) is 12.0. The largest absolute Gasteiger partial charge is 0.330 e. The lowest BCUT2D eigenvalue weighted by molar-refractivity contribution is -0.117. The van der Waals surface area contributed by atoms with Crippen molar-refractivity contribution in [1.29, 1.82) is 0 Å². The Bertz CT molecular complexity index is 569. The second-order valence-corrected chi connectivity index (χ2v) is 6.45. The maximum absolute atomic E-state index is 12.0. The highest BCUT2D eigenvalue weighted by Crippen LogP contribution is 2.22. The molecule has 20 heavy (non-hydrogen) atoms. The number of carbonyl (C=O) groups excluding carboxylic acids is 1. The van der Waals surface area contributed by atoms with Gasteiger partial charge in [0.05, 0.1) is 4.90 Å². The number of anilines is 1. The molecule has 0 unspecified atom stereocenters. The number of hydrogen-bond donors (Lipinski definition) is 2. The number of amides is 1. The second-order valence-electron chi connectivity index (χ2n) is 4.68. The third kappa shape index (κ3) is 3.36. The van der Waals surface area contributed by atoms with Gasteiger partial charge in [-0.05, 0) is 43.7 Å². The van der Waals surface area contributed by atoms with Crippen molar-refractivity contribution in [3.63, 3.8) is 0 Å². The molecule has 2 rings (SSSR count). The highest BCUT2D eigenvalue weighted by atomic mass is 32.2. The predicted molar refractivity (Wildman–Crippen MR) is 76.9 cm³/mol. The molecule has 0 radical (unpaired) electrons. The molecule has 1 aromatic carbocycles. The van der Waals surface area contributed by atoms with Crippen LogP contribution in [0.1, 0.15) is 19.3 Å². The highest BCUT2D eigenvalue weighted by Gasteiger charge is 2.22. The second kappa shape index (κ2) is 6.34. The highest BCUT2D eigenvalue weighted by molar-refractivity contribution is 7.89. The number of benzene rings is 1. The summed E-state index contributed by atoms with van der Waals surface area (Å²) in [7, 11) is -3.50. The predicted octanol–water partition coefficient (Wildman–Crippen LogP) is 0.441. The Balaban J connectivity index is 2.09. The monoisotopic (exact) mass is 297 g/mol. The zero-order chi connectivity index (χ0) is 14.6. The molecule has 0 aromatic heterocycles. The molecule has 1 aliphatic heterocycles. The number of rotatable bonds is 6. The van der Waals surface area contributed by atoms with E-state index in [-0.39, 0.29) is 10.8 Å². The van der Waals surface area contributed by atoms with E-state index in [1.165, 1.54) is 12.1 Å². The van der Waals surface area contributed by atoms with Crippen LogP contribution in [0.2, 0.25) is 0 Å². The Morgan fingerprint density at radius 2 is 1.95 bits per heavy atom. The minimum absolute atomic E-state index is 0.0849. The van der Waals surface area contributed by atoms with Gasteiger partial charge < -0.3 is 10.6 Å². The third-order valence-corrected chi connectivity index (χ3v) is 4.68. The van der Waals surface area contributed by atoms with Gasteiger partial charge >= 0.3 is 0 Å². The summed E-state index contributed by atoms with van der Waals surface area (Å²) in [4.78, 5) is 13.5. The van der Waals surface area contributed by atoms with Gasteiger partial charge in [-0.3, -0.25) is 4.79 Å². The van der Waals surface area contributed by atoms with Gasteiger partial charge in [-0.15, -0.1) is 0 Å². The normalized spacial score (nSPS) is 15.8. The Labute approximate surface area is 119 Å². The molecule has 1 heterocycles. The van der Waals surface area contributed by atoms with Gasteiger partial charge in [0.1, 0.15) is 0 Å². The molecule has 1 amide bonds. The van der Waals surface area contributed by atoms with Gasteiger partial charge in [-0.25, -0.2) is 13.1 Å². The van der Waals surface area contributed by atoms with E-state index in [9.17, 15) is 13.2 Å². The van der Waals surface area contributed by atoms with Gasteiger partial charge in [0.2, 0.25) is 15.9 Å². The summed E-state index contributed by atoms with van der Waals surface area (Å²) in [5.41, 5.74) is 6.07. The van der Waals surface area contributed by atoms with Crippen molar-refractivity contribution in [1.82, 2.24) is 4.72 Å². The number of nitrogens with one attached hydrogen (secondary N) is 1. The number of hydrogen-bond acceptors (Lipinski definition) is 4. The molecule has 1 aliphatic rings. The summed E-state index contributed by atoms with van der Waals surface area (Å²) >= 11 is 0. The summed E-state index contributed by atoms with van der Waals surface area (Å²) in [6, 6.07) is 6.37. The van der Waals surface area contributed by atoms with Crippen molar-refractivity contribution >= 4 is 21.6 Å².